The number of carbonyl (C=O) groups excluding carboxylic acids is 1. The topological polar surface area (TPSA) is 73.8 Å². The average Bonchev–Trinajstić information content (AvgIpc) is 3.15. The predicted octanol–water partition coefficient (Wildman–Crippen LogP) is 2.29. The van der Waals surface area contributed by atoms with Crippen LogP contribution < -0.4 is 14.2 Å². The van der Waals surface area contributed by atoms with E-state index in [1.165, 1.54) is 0 Å². The van der Waals surface area contributed by atoms with Gasteiger partial charge in [-0.2, -0.15) is 0 Å². The molecule has 2 aliphatic rings. The van der Waals surface area contributed by atoms with Crippen molar-refractivity contribution in [1.29, 1.82) is 0 Å². The molecular weight excluding hydrogens is 334 g/mol. The highest BCUT2D eigenvalue weighted by molar-refractivity contribution is 5.92. The first-order valence-corrected chi connectivity index (χ1v) is 8.57. The molecule has 7 nitrogen and oxygen atoms in total. The zero-order valence-electron chi connectivity index (χ0n) is 14.2. The lowest BCUT2D eigenvalue weighted by Gasteiger charge is -2.31. The quantitative estimate of drug-likeness (QED) is 0.785. The first kappa shape index (κ1) is 16.4. The van der Waals surface area contributed by atoms with E-state index < -0.39 is 0 Å². The highest BCUT2D eigenvalue weighted by Gasteiger charge is 2.24. The van der Waals surface area contributed by atoms with Gasteiger partial charge >= 0.3 is 0 Å². The van der Waals surface area contributed by atoms with Crippen LogP contribution in [0.2, 0.25) is 0 Å². The summed E-state index contributed by atoms with van der Waals surface area (Å²) in [6.45, 7) is 1.51. The first-order valence-electron chi connectivity index (χ1n) is 8.57. The SMILES string of the molecule is O=C(C=Cc1ccc2c(c1)OCO2)N1CCCC(Oc2cnccn2)C1. The van der Waals surface area contributed by atoms with Gasteiger partial charge in [0.2, 0.25) is 18.6 Å². The molecular formula is C19H19N3O4. The van der Waals surface area contributed by atoms with Gasteiger partial charge in [-0.25, -0.2) is 4.98 Å². The smallest absolute Gasteiger partial charge is 0.246 e. The summed E-state index contributed by atoms with van der Waals surface area (Å²) in [5.41, 5.74) is 0.895. The van der Waals surface area contributed by atoms with Crippen LogP contribution in [0, 0.1) is 0 Å². The van der Waals surface area contributed by atoms with Crippen LogP contribution in [0.1, 0.15) is 18.4 Å². The molecule has 0 saturated carbocycles. The van der Waals surface area contributed by atoms with E-state index >= 15 is 0 Å². The first-order chi connectivity index (χ1) is 12.8. The predicted molar refractivity (Wildman–Crippen MR) is 93.9 cm³/mol. The largest absolute Gasteiger partial charge is 0.471 e. The number of nitrogens with zero attached hydrogens (tertiary/aromatic N) is 3. The Kier molecular flexibility index (Phi) is 4.68. The molecule has 7 heteroatoms. The zero-order valence-corrected chi connectivity index (χ0v) is 14.2. The number of amides is 1. The molecule has 0 radical (unpaired) electrons. The minimum Gasteiger partial charge on any atom is -0.471 e. The lowest BCUT2D eigenvalue weighted by molar-refractivity contribution is -0.128. The van der Waals surface area contributed by atoms with Crippen LogP contribution in [0.25, 0.3) is 6.08 Å². The monoisotopic (exact) mass is 353 g/mol. The van der Waals surface area contributed by atoms with Gasteiger partial charge in [-0.05, 0) is 36.6 Å². The number of aromatic nitrogens is 2. The normalized spacial score (nSPS) is 18.9. The molecule has 1 saturated heterocycles. The molecule has 1 unspecified atom stereocenters. The van der Waals surface area contributed by atoms with Gasteiger partial charge < -0.3 is 19.1 Å². The average molecular weight is 353 g/mol. The van der Waals surface area contributed by atoms with Gasteiger partial charge in [-0.3, -0.25) is 9.78 Å². The van der Waals surface area contributed by atoms with Crippen LogP contribution in [-0.2, 0) is 4.79 Å². The van der Waals surface area contributed by atoms with Crippen molar-refractivity contribution in [1.82, 2.24) is 14.9 Å². The van der Waals surface area contributed by atoms with Crippen LogP contribution in [0.15, 0.2) is 42.9 Å². The fraction of sp³-hybridized carbons (Fsp3) is 0.316. The number of hydrogen-bond acceptors (Lipinski definition) is 6. The summed E-state index contributed by atoms with van der Waals surface area (Å²) in [6, 6.07) is 5.61. The molecule has 134 valence electrons. The molecule has 3 heterocycles. The van der Waals surface area contributed by atoms with Gasteiger partial charge in [0.25, 0.3) is 0 Å². The maximum absolute atomic E-state index is 12.5. The number of fused-ring (bicyclic) bond motifs is 1. The molecule has 1 aromatic carbocycles. The Bertz CT molecular complexity index is 810. The van der Waals surface area contributed by atoms with Crippen molar-refractivity contribution in [3.8, 4) is 17.4 Å². The number of hydrogen-bond donors (Lipinski definition) is 0. The number of carbonyl (C=O) groups is 1. The van der Waals surface area contributed by atoms with E-state index in [1.54, 1.807) is 35.6 Å². The van der Waals surface area contributed by atoms with Crippen LogP contribution in [0.3, 0.4) is 0 Å². The Morgan fingerprint density at radius 3 is 3.08 bits per heavy atom. The van der Waals surface area contributed by atoms with E-state index in [0.29, 0.717) is 18.2 Å². The zero-order chi connectivity index (χ0) is 17.8. The van der Waals surface area contributed by atoms with Crippen LogP contribution in [0.4, 0.5) is 0 Å². The molecule has 0 N–H and O–H groups in total. The summed E-state index contributed by atoms with van der Waals surface area (Å²) in [4.78, 5) is 22.4. The summed E-state index contributed by atoms with van der Waals surface area (Å²) >= 11 is 0. The minimum absolute atomic E-state index is 0.0323. The number of piperidine rings is 1. The Labute approximate surface area is 151 Å². The minimum atomic E-state index is -0.0663. The van der Waals surface area contributed by atoms with Crippen LogP contribution >= 0.6 is 0 Å². The maximum Gasteiger partial charge on any atom is 0.246 e. The second kappa shape index (κ2) is 7.43. The van der Waals surface area contributed by atoms with Gasteiger partial charge in [0.1, 0.15) is 6.10 Å². The fourth-order valence-electron chi connectivity index (χ4n) is 3.04. The summed E-state index contributed by atoms with van der Waals surface area (Å²) in [7, 11) is 0. The third-order valence-electron chi connectivity index (χ3n) is 4.33. The van der Waals surface area contributed by atoms with Crippen molar-refractivity contribution in [2.75, 3.05) is 19.9 Å². The second-order valence-electron chi connectivity index (χ2n) is 6.16. The van der Waals surface area contributed by atoms with Crippen molar-refractivity contribution in [2.45, 2.75) is 18.9 Å². The highest BCUT2D eigenvalue weighted by atomic mass is 16.7. The van der Waals surface area contributed by atoms with Crippen molar-refractivity contribution in [3.63, 3.8) is 0 Å². The Morgan fingerprint density at radius 2 is 2.19 bits per heavy atom. The Hall–Kier alpha value is -3.09. The second-order valence-corrected chi connectivity index (χ2v) is 6.16. The van der Waals surface area contributed by atoms with E-state index in [0.717, 1.165) is 30.7 Å². The van der Waals surface area contributed by atoms with Crippen molar-refractivity contribution in [2.24, 2.45) is 0 Å². The van der Waals surface area contributed by atoms with Crippen molar-refractivity contribution in [3.05, 3.63) is 48.4 Å². The molecule has 1 fully saturated rings. The van der Waals surface area contributed by atoms with Gasteiger partial charge in [0, 0.05) is 25.0 Å². The molecule has 0 spiro atoms. The van der Waals surface area contributed by atoms with Gasteiger partial charge in [0.05, 0.1) is 12.7 Å². The summed E-state index contributed by atoms with van der Waals surface area (Å²) in [5, 5.41) is 0. The Morgan fingerprint density at radius 1 is 1.27 bits per heavy atom. The molecule has 2 aromatic rings. The van der Waals surface area contributed by atoms with E-state index in [1.807, 2.05) is 18.2 Å². The molecule has 1 atom stereocenters. The number of benzene rings is 1. The summed E-state index contributed by atoms with van der Waals surface area (Å²) in [5.74, 6) is 1.89. The van der Waals surface area contributed by atoms with Gasteiger partial charge in [-0.1, -0.05) is 6.07 Å². The lowest BCUT2D eigenvalue weighted by Crippen LogP contribution is -2.43. The molecule has 0 bridgehead atoms. The number of rotatable bonds is 4. The standard InChI is InChI=1S/C19H19N3O4/c23-19(6-4-14-3-5-16-17(10-14)25-13-24-16)22-9-1-2-15(12-22)26-18-11-20-7-8-21-18/h3-8,10-11,15H,1-2,9,12-13H2. The van der Waals surface area contributed by atoms with Crippen molar-refractivity contribution < 1.29 is 19.0 Å². The molecule has 1 aromatic heterocycles. The number of likely N-dealkylation sites (tertiary alicyclic amines) is 1. The third-order valence-corrected chi connectivity index (χ3v) is 4.33. The molecule has 26 heavy (non-hydrogen) atoms. The van der Waals surface area contributed by atoms with Crippen LogP contribution in [0.5, 0.6) is 17.4 Å². The van der Waals surface area contributed by atoms with Crippen molar-refractivity contribution >= 4 is 12.0 Å². The van der Waals surface area contributed by atoms with Crippen LogP contribution in [-0.4, -0.2) is 46.8 Å². The van der Waals surface area contributed by atoms with E-state index in [4.69, 9.17) is 14.2 Å². The molecule has 0 aliphatic carbocycles. The molecule has 2 aliphatic heterocycles. The summed E-state index contributed by atoms with van der Waals surface area (Å²) < 4.78 is 16.5. The highest BCUT2D eigenvalue weighted by Crippen LogP contribution is 2.32. The van der Waals surface area contributed by atoms with Gasteiger partial charge in [0.15, 0.2) is 11.5 Å². The fourth-order valence-corrected chi connectivity index (χ4v) is 3.04. The number of ether oxygens (including phenoxy) is 3. The molecule has 4 rings (SSSR count). The van der Waals surface area contributed by atoms with E-state index in [9.17, 15) is 4.79 Å². The van der Waals surface area contributed by atoms with Gasteiger partial charge in [-0.15, -0.1) is 0 Å². The maximum atomic E-state index is 12.5. The van der Waals surface area contributed by atoms with E-state index in [2.05, 4.69) is 9.97 Å². The molecule has 1 amide bonds. The third kappa shape index (κ3) is 3.77. The van der Waals surface area contributed by atoms with E-state index in [-0.39, 0.29) is 18.8 Å². The Balaban J connectivity index is 1.36. The lowest BCUT2D eigenvalue weighted by atomic mass is 10.1. The summed E-state index contributed by atoms with van der Waals surface area (Å²) in [6.07, 6.45) is 9.88.